The second-order valence-corrected chi connectivity index (χ2v) is 4.68. The molecule has 98 valence electrons. The van der Waals surface area contributed by atoms with Crippen LogP contribution >= 0.6 is 12.2 Å². The van der Waals surface area contributed by atoms with Gasteiger partial charge in [0.25, 0.3) is 4.84 Å². The zero-order chi connectivity index (χ0) is 13.0. The molecule has 2 aromatic rings. The topological polar surface area (TPSA) is 30.5 Å². The van der Waals surface area contributed by atoms with Gasteiger partial charge in [0.1, 0.15) is 0 Å². The van der Waals surface area contributed by atoms with Crippen molar-refractivity contribution in [1.82, 2.24) is 9.47 Å². The zero-order valence-electron chi connectivity index (χ0n) is 10.8. The molecule has 4 nitrogen and oxygen atoms in total. The van der Waals surface area contributed by atoms with Gasteiger partial charge in [0.05, 0.1) is 12.2 Å². The van der Waals surface area contributed by atoms with Crippen LogP contribution in [0.2, 0.25) is 0 Å². The summed E-state index contributed by atoms with van der Waals surface area (Å²) in [6.07, 6.45) is 1.01. The summed E-state index contributed by atoms with van der Waals surface area (Å²) >= 11 is 5.25. The predicted octanol–water partition coefficient (Wildman–Crippen LogP) is 2.89. The van der Waals surface area contributed by atoms with Gasteiger partial charge in [0.2, 0.25) is 0 Å². The number of rotatable bonds is 6. The maximum Gasteiger partial charge on any atom is 0.270 e. The van der Waals surface area contributed by atoms with Crippen LogP contribution in [0.15, 0.2) is 28.7 Å². The van der Waals surface area contributed by atoms with Crippen molar-refractivity contribution in [2.75, 3.05) is 27.3 Å². The van der Waals surface area contributed by atoms with E-state index in [2.05, 4.69) is 11.9 Å². The fourth-order valence-corrected chi connectivity index (χ4v) is 2.18. The van der Waals surface area contributed by atoms with Crippen molar-refractivity contribution in [2.24, 2.45) is 0 Å². The summed E-state index contributed by atoms with van der Waals surface area (Å²) in [5, 5.41) is 0. The summed E-state index contributed by atoms with van der Waals surface area (Å²) in [6, 6.07) is 7.91. The normalized spacial score (nSPS) is 11.5. The first-order chi connectivity index (χ1) is 8.72. The van der Waals surface area contributed by atoms with E-state index >= 15 is 0 Å². The standard InChI is InChI=1S/C13H18N2O2S/c1-14(8-5-9-16-2)10-15-11-6-3-4-7-12(11)17-13(15)18/h3-4,6-7H,5,8-10H2,1-2H3. The number of hydrogen-bond acceptors (Lipinski definition) is 4. The van der Waals surface area contributed by atoms with Crippen molar-refractivity contribution in [3.63, 3.8) is 0 Å². The van der Waals surface area contributed by atoms with Gasteiger partial charge in [-0.3, -0.25) is 9.47 Å². The number of oxazole rings is 1. The molecule has 0 amide bonds. The Kier molecular flexibility index (Phi) is 4.52. The molecular formula is C13H18N2O2S. The Morgan fingerprint density at radius 2 is 2.17 bits per heavy atom. The molecule has 1 heterocycles. The van der Waals surface area contributed by atoms with Gasteiger partial charge in [-0.2, -0.15) is 0 Å². The lowest BCUT2D eigenvalue weighted by Gasteiger charge is -2.16. The number of fused-ring (bicyclic) bond motifs is 1. The third kappa shape index (κ3) is 2.98. The lowest BCUT2D eigenvalue weighted by molar-refractivity contribution is 0.170. The molecule has 1 aromatic carbocycles. The van der Waals surface area contributed by atoms with Gasteiger partial charge in [-0.1, -0.05) is 12.1 Å². The third-order valence-corrected chi connectivity index (χ3v) is 3.15. The molecule has 0 aliphatic carbocycles. The van der Waals surface area contributed by atoms with E-state index in [0.29, 0.717) is 4.84 Å². The number of methoxy groups -OCH3 is 1. The predicted molar refractivity (Wildman–Crippen MR) is 74.2 cm³/mol. The molecule has 0 bridgehead atoms. The fraction of sp³-hybridized carbons (Fsp3) is 0.462. The summed E-state index contributed by atoms with van der Waals surface area (Å²) in [5.74, 6) is 0. The number of aromatic nitrogens is 1. The average molecular weight is 266 g/mol. The molecule has 0 spiro atoms. The van der Waals surface area contributed by atoms with Crippen molar-refractivity contribution in [3.8, 4) is 0 Å². The summed E-state index contributed by atoms with van der Waals surface area (Å²) in [4.78, 5) is 2.73. The summed E-state index contributed by atoms with van der Waals surface area (Å²) in [5.41, 5.74) is 1.88. The monoisotopic (exact) mass is 266 g/mol. The lowest BCUT2D eigenvalue weighted by Crippen LogP contribution is -2.23. The number of benzene rings is 1. The molecule has 0 atom stereocenters. The van der Waals surface area contributed by atoms with E-state index < -0.39 is 0 Å². The van der Waals surface area contributed by atoms with Crippen LogP contribution in [0.4, 0.5) is 0 Å². The van der Waals surface area contributed by atoms with E-state index in [9.17, 15) is 0 Å². The Labute approximate surface area is 112 Å². The first-order valence-electron chi connectivity index (χ1n) is 5.98. The molecule has 5 heteroatoms. The van der Waals surface area contributed by atoms with Crippen LogP contribution in [0.5, 0.6) is 0 Å². The van der Waals surface area contributed by atoms with Crippen LogP contribution in [0, 0.1) is 4.84 Å². The van der Waals surface area contributed by atoms with Crippen LogP contribution in [-0.2, 0) is 11.4 Å². The number of ether oxygens (including phenoxy) is 1. The van der Waals surface area contributed by atoms with Gasteiger partial charge in [-0.05, 0) is 37.8 Å². The Morgan fingerprint density at radius 3 is 2.94 bits per heavy atom. The maximum atomic E-state index is 5.55. The Bertz CT molecular complexity index is 561. The van der Waals surface area contributed by atoms with Crippen molar-refractivity contribution in [1.29, 1.82) is 0 Å². The summed E-state index contributed by atoms with van der Waals surface area (Å²) < 4.78 is 12.6. The van der Waals surface area contributed by atoms with Crippen LogP contribution in [0.1, 0.15) is 6.42 Å². The number of para-hydroxylation sites is 2. The molecule has 1 aromatic heterocycles. The van der Waals surface area contributed by atoms with Crippen LogP contribution in [-0.4, -0.2) is 36.8 Å². The highest BCUT2D eigenvalue weighted by atomic mass is 32.1. The second kappa shape index (κ2) is 6.13. The number of hydrogen-bond donors (Lipinski definition) is 0. The minimum Gasteiger partial charge on any atom is -0.429 e. The minimum absolute atomic E-state index is 0.523. The molecule has 0 aliphatic rings. The smallest absolute Gasteiger partial charge is 0.270 e. The summed E-state index contributed by atoms with van der Waals surface area (Å²) in [7, 11) is 3.79. The first-order valence-corrected chi connectivity index (χ1v) is 6.39. The maximum absolute atomic E-state index is 5.55. The highest BCUT2D eigenvalue weighted by Crippen LogP contribution is 2.17. The Morgan fingerprint density at radius 1 is 1.39 bits per heavy atom. The van der Waals surface area contributed by atoms with Crippen LogP contribution in [0.3, 0.4) is 0 Å². The van der Waals surface area contributed by atoms with Crippen molar-refractivity contribution >= 4 is 23.3 Å². The molecule has 0 fully saturated rings. The van der Waals surface area contributed by atoms with Crippen LogP contribution in [0.25, 0.3) is 11.1 Å². The summed E-state index contributed by atoms with van der Waals surface area (Å²) in [6.45, 7) is 2.48. The largest absolute Gasteiger partial charge is 0.429 e. The highest BCUT2D eigenvalue weighted by Gasteiger charge is 2.07. The van der Waals surface area contributed by atoms with Crippen molar-refractivity contribution < 1.29 is 9.15 Å². The third-order valence-electron chi connectivity index (χ3n) is 2.84. The van der Waals surface area contributed by atoms with E-state index in [-0.39, 0.29) is 0 Å². The van der Waals surface area contributed by atoms with Crippen LogP contribution < -0.4 is 0 Å². The highest BCUT2D eigenvalue weighted by molar-refractivity contribution is 7.71. The Balaban J connectivity index is 2.11. The van der Waals surface area contributed by atoms with Gasteiger partial charge in [-0.15, -0.1) is 0 Å². The molecule has 0 saturated heterocycles. The fourth-order valence-electron chi connectivity index (χ4n) is 1.94. The van der Waals surface area contributed by atoms with Gasteiger partial charge < -0.3 is 9.15 Å². The van der Waals surface area contributed by atoms with Crippen molar-refractivity contribution in [2.45, 2.75) is 13.1 Å². The number of nitrogens with zero attached hydrogens (tertiary/aromatic N) is 2. The van der Waals surface area contributed by atoms with Gasteiger partial charge in [0, 0.05) is 20.3 Å². The van der Waals surface area contributed by atoms with E-state index in [1.54, 1.807) is 7.11 Å². The lowest BCUT2D eigenvalue weighted by atomic mass is 10.3. The van der Waals surface area contributed by atoms with E-state index in [1.807, 2.05) is 28.8 Å². The molecule has 18 heavy (non-hydrogen) atoms. The molecule has 0 N–H and O–H groups in total. The van der Waals surface area contributed by atoms with Gasteiger partial charge in [0.15, 0.2) is 5.58 Å². The first kappa shape index (κ1) is 13.3. The van der Waals surface area contributed by atoms with Crippen molar-refractivity contribution in [3.05, 3.63) is 29.1 Å². The minimum atomic E-state index is 0.523. The van der Waals surface area contributed by atoms with E-state index in [4.69, 9.17) is 21.4 Å². The van der Waals surface area contributed by atoms with Gasteiger partial charge in [-0.25, -0.2) is 0 Å². The van der Waals surface area contributed by atoms with Gasteiger partial charge >= 0.3 is 0 Å². The Hall–Kier alpha value is -1.17. The molecule has 0 unspecified atom stereocenters. The molecule has 0 radical (unpaired) electrons. The quantitative estimate of drug-likeness (QED) is 0.594. The molecule has 2 rings (SSSR count). The second-order valence-electron chi connectivity index (χ2n) is 4.33. The molecule has 0 saturated carbocycles. The average Bonchev–Trinajstić information content (AvgIpc) is 2.67. The zero-order valence-corrected chi connectivity index (χ0v) is 11.6. The molecular weight excluding hydrogens is 248 g/mol. The van der Waals surface area contributed by atoms with E-state index in [0.717, 1.165) is 37.3 Å². The van der Waals surface area contributed by atoms with E-state index in [1.165, 1.54) is 0 Å². The molecule has 0 aliphatic heterocycles. The SMILES string of the molecule is COCCCN(C)Cn1c(=S)oc2ccccc21.